The zero-order chi connectivity index (χ0) is 36.2. The Hall–Kier alpha value is -5.93. The molecular weight excluding hydrogens is 667 g/mol. The number of pyridine rings is 2. The lowest BCUT2D eigenvalue weighted by Gasteiger charge is -2.15. The van der Waals surface area contributed by atoms with E-state index >= 15 is 0 Å². The first-order valence-electron chi connectivity index (χ1n) is 18.0. The monoisotopic (exact) mass is 703 g/mol. The molecule has 9 rings (SSSR count). The highest BCUT2D eigenvalue weighted by Gasteiger charge is 2.28. The Morgan fingerprint density at radius 2 is 1.74 bits per heavy atom. The molecule has 3 aromatic carbocycles. The summed E-state index contributed by atoms with van der Waals surface area (Å²) in [7, 11) is 0. The van der Waals surface area contributed by atoms with Gasteiger partial charge < -0.3 is 14.6 Å². The quantitative estimate of drug-likeness (QED) is 0.175. The second kappa shape index (κ2) is 13.2. The zero-order valence-corrected chi connectivity index (χ0v) is 29.2. The fourth-order valence-electron chi connectivity index (χ4n) is 8.13. The van der Waals surface area contributed by atoms with E-state index in [1.165, 1.54) is 0 Å². The Morgan fingerprint density at radius 1 is 0.943 bits per heavy atom. The molecule has 2 atom stereocenters. The van der Waals surface area contributed by atoms with E-state index in [-0.39, 0.29) is 12.0 Å². The predicted molar refractivity (Wildman–Crippen MR) is 201 cm³/mol. The number of likely N-dealkylation sites (tertiary alicyclic amines) is 2. The van der Waals surface area contributed by atoms with Crippen LogP contribution < -0.4 is 0 Å². The van der Waals surface area contributed by atoms with Gasteiger partial charge in [-0.2, -0.15) is 5.26 Å². The standard InChI is InChI=1S/C42H37N7O4/c1-25-32(4-2-5-33(25)41-46-36-18-26(16-30(19-43)39(36)53-41)21-47-13-9-29(23-47)42(51)52)34-6-3-7-37-35(34)11-15-49(37)40-38-28(8-12-44-40)17-27(20-45-38)22-48-14-10-31(50)24-48/h2-8,11-12,15-18,20,29,31,50H,9-10,13-14,21-24H2,1H3,(H,51,52)/t29-,31-/m1/s1. The maximum atomic E-state index is 11.5. The summed E-state index contributed by atoms with van der Waals surface area (Å²) in [4.78, 5) is 30.4. The number of nitrogens with zero attached hydrogens (tertiary/aromatic N) is 7. The maximum absolute atomic E-state index is 11.5. The van der Waals surface area contributed by atoms with Crippen molar-refractivity contribution in [1.82, 2.24) is 29.3 Å². The number of hydrogen-bond donors (Lipinski definition) is 2. The molecule has 0 unspecified atom stereocenters. The van der Waals surface area contributed by atoms with Crippen molar-refractivity contribution in [2.24, 2.45) is 5.92 Å². The molecule has 4 aromatic heterocycles. The number of nitriles is 1. The van der Waals surface area contributed by atoms with Crippen LogP contribution in [-0.2, 0) is 17.9 Å². The van der Waals surface area contributed by atoms with Crippen molar-refractivity contribution in [2.45, 2.75) is 39.0 Å². The third kappa shape index (κ3) is 6.00. The summed E-state index contributed by atoms with van der Waals surface area (Å²) in [5, 5.41) is 31.5. The fourth-order valence-corrected chi connectivity index (χ4v) is 8.13. The number of carboxylic acids is 1. The zero-order valence-electron chi connectivity index (χ0n) is 29.2. The number of rotatable bonds is 8. The molecule has 0 aliphatic carbocycles. The van der Waals surface area contributed by atoms with Gasteiger partial charge in [-0.25, -0.2) is 9.97 Å². The molecule has 0 saturated carbocycles. The number of aromatic nitrogens is 4. The number of carboxylic acid groups (broad SMARTS) is 1. The molecule has 264 valence electrons. The average Bonchev–Trinajstić information content (AvgIpc) is 3.98. The molecule has 2 fully saturated rings. The van der Waals surface area contributed by atoms with Crippen molar-refractivity contribution < 1.29 is 19.4 Å². The van der Waals surface area contributed by atoms with Gasteiger partial charge in [-0.15, -0.1) is 0 Å². The Morgan fingerprint density at radius 3 is 2.55 bits per heavy atom. The van der Waals surface area contributed by atoms with Gasteiger partial charge in [0, 0.05) is 67.7 Å². The summed E-state index contributed by atoms with van der Waals surface area (Å²) < 4.78 is 8.40. The summed E-state index contributed by atoms with van der Waals surface area (Å²) in [6.45, 7) is 6.13. The first kappa shape index (κ1) is 32.9. The number of aliphatic hydroxyl groups excluding tert-OH is 1. The van der Waals surface area contributed by atoms with Crippen molar-refractivity contribution in [3.63, 3.8) is 0 Å². The van der Waals surface area contributed by atoms with Crippen LogP contribution in [0.2, 0.25) is 0 Å². The van der Waals surface area contributed by atoms with Crippen LogP contribution in [-0.4, -0.2) is 77.8 Å². The van der Waals surface area contributed by atoms with Gasteiger partial charge in [-0.1, -0.05) is 24.3 Å². The van der Waals surface area contributed by atoms with Crippen LogP contribution in [0.5, 0.6) is 0 Å². The number of aliphatic hydroxyl groups is 1. The first-order valence-corrected chi connectivity index (χ1v) is 18.0. The molecule has 0 amide bonds. The molecular formula is C42H37N7O4. The highest BCUT2D eigenvalue weighted by atomic mass is 16.4. The molecule has 2 aliphatic heterocycles. The summed E-state index contributed by atoms with van der Waals surface area (Å²) in [5.74, 6) is 0.0675. The molecule has 6 heterocycles. The lowest BCUT2D eigenvalue weighted by molar-refractivity contribution is -0.141. The molecule has 53 heavy (non-hydrogen) atoms. The average molecular weight is 704 g/mol. The van der Waals surface area contributed by atoms with Crippen molar-refractivity contribution in [3.05, 3.63) is 108 Å². The van der Waals surface area contributed by atoms with Crippen LogP contribution in [0.1, 0.15) is 35.1 Å². The normalized spacial score (nSPS) is 18.1. The number of fused-ring (bicyclic) bond motifs is 3. The minimum absolute atomic E-state index is 0.255. The van der Waals surface area contributed by atoms with E-state index in [2.05, 4.69) is 63.8 Å². The van der Waals surface area contributed by atoms with Crippen LogP contribution in [0, 0.1) is 24.2 Å². The molecule has 2 saturated heterocycles. The number of hydrogen-bond acceptors (Lipinski definition) is 9. The molecule has 2 aliphatic rings. The minimum atomic E-state index is -0.766. The summed E-state index contributed by atoms with van der Waals surface area (Å²) in [6.07, 6.45) is 6.96. The Balaban J connectivity index is 1.04. The van der Waals surface area contributed by atoms with Gasteiger partial charge in [0.2, 0.25) is 5.89 Å². The number of benzene rings is 3. The van der Waals surface area contributed by atoms with Crippen LogP contribution in [0.25, 0.3) is 61.3 Å². The molecule has 2 N–H and O–H groups in total. The highest BCUT2D eigenvalue weighted by Crippen LogP contribution is 2.38. The third-order valence-corrected chi connectivity index (χ3v) is 10.8. The van der Waals surface area contributed by atoms with E-state index in [4.69, 9.17) is 19.4 Å². The molecule has 11 heteroatoms. The maximum Gasteiger partial charge on any atom is 0.307 e. The summed E-state index contributed by atoms with van der Waals surface area (Å²) in [6, 6.07) is 24.7. The minimum Gasteiger partial charge on any atom is -0.481 e. The smallest absolute Gasteiger partial charge is 0.307 e. The fraction of sp³-hybridized carbons (Fsp3) is 0.262. The number of oxazole rings is 1. The van der Waals surface area contributed by atoms with Crippen LogP contribution >= 0.6 is 0 Å². The van der Waals surface area contributed by atoms with Gasteiger partial charge >= 0.3 is 5.97 Å². The Bertz CT molecular complexity index is 2600. The van der Waals surface area contributed by atoms with Crippen molar-refractivity contribution in [2.75, 3.05) is 26.2 Å². The van der Waals surface area contributed by atoms with Crippen molar-refractivity contribution >= 4 is 38.9 Å². The van der Waals surface area contributed by atoms with E-state index in [1.807, 2.05) is 48.9 Å². The van der Waals surface area contributed by atoms with Crippen molar-refractivity contribution in [1.29, 1.82) is 5.26 Å². The van der Waals surface area contributed by atoms with E-state index in [1.54, 1.807) is 0 Å². The number of β-amino-alcohol motifs (C(OH)–C–C–N with tert-alkyl or cyclic N) is 1. The Labute approximate surface area is 305 Å². The number of carbonyl (C=O) groups is 1. The van der Waals surface area contributed by atoms with E-state index in [0.717, 1.165) is 80.5 Å². The first-order chi connectivity index (χ1) is 25.8. The van der Waals surface area contributed by atoms with E-state index in [9.17, 15) is 20.3 Å². The van der Waals surface area contributed by atoms with E-state index < -0.39 is 5.97 Å². The van der Waals surface area contributed by atoms with Gasteiger partial charge in [-0.3, -0.25) is 24.1 Å². The van der Waals surface area contributed by atoms with Crippen LogP contribution in [0.3, 0.4) is 0 Å². The molecule has 0 spiro atoms. The van der Waals surface area contributed by atoms with Crippen molar-refractivity contribution in [3.8, 4) is 34.5 Å². The van der Waals surface area contributed by atoms with Gasteiger partial charge in [0.25, 0.3) is 0 Å². The SMILES string of the molecule is Cc1c(-c2nc3cc(CN4CC[C@@H](C(=O)O)C4)cc(C#N)c3o2)cccc1-c1cccc2c1ccn2-c1nccc2cc(CN3CC[C@@H](O)C3)cnc12. The lowest BCUT2D eigenvalue weighted by Crippen LogP contribution is -2.22. The van der Waals surface area contributed by atoms with Gasteiger partial charge in [0.15, 0.2) is 11.4 Å². The van der Waals surface area contributed by atoms with E-state index in [0.29, 0.717) is 55.2 Å². The molecule has 11 nitrogen and oxygen atoms in total. The predicted octanol–water partition coefficient (Wildman–Crippen LogP) is 6.70. The Kier molecular flexibility index (Phi) is 8.23. The second-order valence-corrected chi connectivity index (χ2v) is 14.3. The molecule has 0 radical (unpaired) electrons. The van der Waals surface area contributed by atoms with Gasteiger partial charge in [0.1, 0.15) is 17.1 Å². The van der Waals surface area contributed by atoms with Crippen LogP contribution in [0.15, 0.2) is 89.7 Å². The molecule has 0 bridgehead atoms. The summed E-state index contributed by atoms with van der Waals surface area (Å²) in [5.41, 5.74) is 9.22. The van der Waals surface area contributed by atoms with Crippen LogP contribution in [0.4, 0.5) is 0 Å². The second-order valence-electron chi connectivity index (χ2n) is 14.3. The topological polar surface area (TPSA) is 145 Å². The number of aliphatic carboxylic acids is 1. The summed E-state index contributed by atoms with van der Waals surface area (Å²) >= 11 is 0. The third-order valence-electron chi connectivity index (χ3n) is 10.8. The molecule has 7 aromatic rings. The van der Waals surface area contributed by atoms with Gasteiger partial charge in [0.05, 0.1) is 23.1 Å². The lowest BCUT2D eigenvalue weighted by atomic mass is 9.94. The largest absolute Gasteiger partial charge is 0.481 e. The highest BCUT2D eigenvalue weighted by molar-refractivity contribution is 5.99. The van der Waals surface area contributed by atoms with Gasteiger partial charge in [-0.05, 0) is 96.6 Å².